The first kappa shape index (κ1) is 15.2. The summed E-state index contributed by atoms with van der Waals surface area (Å²) in [6, 6.07) is 17.3. The van der Waals surface area contributed by atoms with Crippen molar-refractivity contribution in [3.63, 3.8) is 0 Å². The zero-order valence-electron chi connectivity index (χ0n) is 7.66. The van der Waals surface area contributed by atoms with E-state index in [1.165, 1.54) is 10.8 Å². The molecule has 0 atom stereocenters. The molecule has 0 aliphatic rings. The number of benzene rings is 2. The van der Waals surface area contributed by atoms with Gasteiger partial charge in [-0.15, -0.1) is 29.2 Å². The first-order chi connectivity index (χ1) is 4.97. The van der Waals surface area contributed by atoms with Gasteiger partial charge in [0.1, 0.15) is 0 Å². The predicted octanol–water partition coefficient (Wildman–Crippen LogP) is 3.13. The second kappa shape index (κ2) is 7.19. The van der Waals surface area contributed by atoms with E-state index in [4.69, 9.17) is 0 Å². The van der Waals surface area contributed by atoms with Gasteiger partial charge in [0.2, 0.25) is 0 Å². The molecule has 0 amide bonds. The van der Waals surface area contributed by atoms with Gasteiger partial charge in [-0.05, 0) is 0 Å². The molecule has 2 heteroatoms. The molecule has 0 nitrogen and oxygen atoms in total. The van der Waals surface area contributed by atoms with Crippen LogP contribution in [0.15, 0.2) is 42.5 Å². The summed E-state index contributed by atoms with van der Waals surface area (Å²) in [5, 5.41) is 2.53. The molecule has 0 spiro atoms. The Hall–Kier alpha value is -0.244. The van der Waals surface area contributed by atoms with E-state index in [0.717, 1.165) is 0 Å². The van der Waals surface area contributed by atoms with Gasteiger partial charge in [0.15, 0.2) is 0 Å². The van der Waals surface area contributed by atoms with Crippen LogP contribution in [0.4, 0.5) is 0 Å². The van der Waals surface area contributed by atoms with Crippen molar-refractivity contribution in [3.05, 3.63) is 56.0 Å². The summed E-state index contributed by atoms with van der Waals surface area (Å²) < 4.78 is 0. The third-order valence-electron chi connectivity index (χ3n) is 1.59. The van der Waals surface area contributed by atoms with Crippen molar-refractivity contribution in [1.29, 1.82) is 0 Å². The molecule has 0 heterocycles. The molecule has 0 aliphatic heterocycles. The van der Waals surface area contributed by atoms with Crippen LogP contribution in [0.3, 0.4) is 0 Å². The Bertz CT molecular complexity index is 281. The Kier molecular flexibility index (Phi) is 8.43. The minimum absolute atomic E-state index is 0. The van der Waals surface area contributed by atoms with Crippen LogP contribution in [0.1, 0.15) is 0 Å². The maximum atomic E-state index is 3.04. The summed E-state index contributed by atoms with van der Waals surface area (Å²) in [6.45, 7) is 0. The van der Waals surface area contributed by atoms with Crippen LogP contribution in [-0.2, 0) is 0 Å². The minimum Gasteiger partial charge on any atom is -0.358 e. The molecule has 0 radical (unpaired) electrons. The smallest absolute Gasteiger partial charge is 0.358 e. The average molecular weight is 203 g/mol. The minimum atomic E-state index is 0. The number of rotatable bonds is 0. The van der Waals surface area contributed by atoms with Gasteiger partial charge in [-0.2, -0.15) is 24.3 Å². The fraction of sp³-hybridized carbons (Fsp3) is 0. The van der Waals surface area contributed by atoms with Crippen LogP contribution < -0.4 is 0 Å². The average Bonchev–Trinajstić information content (AvgIpc) is 2.05. The molecule has 0 saturated heterocycles. The van der Waals surface area contributed by atoms with Crippen molar-refractivity contribution in [2.45, 2.75) is 0 Å². The Morgan fingerprint density at radius 2 is 1.54 bits per heavy atom. The Labute approximate surface area is 102 Å². The molecule has 0 N–H and O–H groups in total. The van der Waals surface area contributed by atoms with E-state index in [0.29, 0.717) is 0 Å². The molecule has 2 rings (SSSR count). The monoisotopic (exact) mass is 202 g/mol. The first-order valence-corrected chi connectivity index (χ1v) is 3.32. The molecule has 0 aliphatic carbocycles. The van der Waals surface area contributed by atoms with Gasteiger partial charge in [0, 0.05) is 0 Å². The van der Waals surface area contributed by atoms with Crippen molar-refractivity contribution in [3.8, 4) is 0 Å². The standard InChI is InChI=1S/C10H7.CH3.ClH.Mg/c1-2-6-10-8-4-3-7-9(10)5-1;;;/h1-3,5-8H;1H3;1H;/q2*-1;;+2. The topological polar surface area (TPSA) is 0 Å². The molecule has 2 aromatic rings. The van der Waals surface area contributed by atoms with Crippen LogP contribution in [0.5, 0.6) is 0 Å². The van der Waals surface area contributed by atoms with Gasteiger partial charge in [-0.3, -0.25) is 0 Å². The molecule has 0 unspecified atom stereocenters. The van der Waals surface area contributed by atoms with Gasteiger partial charge in [-0.1, -0.05) is 18.2 Å². The van der Waals surface area contributed by atoms with Crippen molar-refractivity contribution in [1.82, 2.24) is 0 Å². The molecular formula is C11H11ClMg. The summed E-state index contributed by atoms with van der Waals surface area (Å²) in [4.78, 5) is 0. The predicted molar refractivity (Wildman–Crippen MR) is 62.2 cm³/mol. The van der Waals surface area contributed by atoms with E-state index in [1.54, 1.807) is 0 Å². The fourth-order valence-electron chi connectivity index (χ4n) is 1.07. The van der Waals surface area contributed by atoms with Crippen molar-refractivity contribution >= 4 is 46.2 Å². The van der Waals surface area contributed by atoms with E-state index >= 15 is 0 Å². The first-order valence-electron chi connectivity index (χ1n) is 3.32. The molecule has 0 saturated carbocycles. The van der Waals surface area contributed by atoms with E-state index in [2.05, 4.69) is 24.3 Å². The van der Waals surface area contributed by atoms with Crippen LogP contribution >= 0.6 is 12.4 Å². The maximum absolute atomic E-state index is 3.04. The van der Waals surface area contributed by atoms with Crippen LogP contribution in [0.2, 0.25) is 0 Å². The molecule has 0 aromatic heterocycles. The molecule has 0 bridgehead atoms. The van der Waals surface area contributed by atoms with Crippen molar-refractivity contribution in [2.24, 2.45) is 0 Å². The van der Waals surface area contributed by atoms with Crippen LogP contribution in [-0.4, -0.2) is 23.1 Å². The van der Waals surface area contributed by atoms with Crippen LogP contribution in [0.25, 0.3) is 10.8 Å². The molecule has 64 valence electrons. The number of fused-ring (bicyclic) bond motifs is 1. The third kappa shape index (κ3) is 3.55. The number of hydrogen-bond acceptors (Lipinski definition) is 0. The van der Waals surface area contributed by atoms with E-state index in [1.807, 2.05) is 24.3 Å². The third-order valence-corrected chi connectivity index (χ3v) is 1.59. The van der Waals surface area contributed by atoms with Crippen LogP contribution in [0, 0.1) is 13.5 Å². The maximum Gasteiger partial charge on any atom is 2.00 e. The van der Waals surface area contributed by atoms with Crippen molar-refractivity contribution < 1.29 is 0 Å². The SMILES string of the molecule is Cl.[CH3-].[Mg+2].[c-]1ccc2ccccc2c1. The second-order valence-electron chi connectivity index (χ2n) is 2.27. The Morgan fingerprint density at radius 1 is 0.923 bits per heavy atom. The van der Waals surface area contributed by atoms with E-state index < -0.39 is 0 Å². The molecule has 2 aromatic carbocycles. The summed E-state index contributed by atoms with van der Waals surface area (Å²) in [5.41, 5.74) is 0. The summed E-state index contributed by atoms with van der Waals surface area (Å²) in [6.07, 6.45) is 0. The summed E-state index contributed by atoms with van der Waals surface area (Å²) in [7, 11) is 0. The van der Waals surface area contributed by atoms with Gasteiger partial charge in [0.05, 0.1) is 0 Å². The number of halogens is 1. The largest absolute Gasteiger partial charge is 2.00 e. The van der Waals surface area contributed by atoms with Gasteiger partial charge < -0.3 is 7.43 Å². The molecule has 0 fully saturated rings. The summed E-state index contributed by atoms with van der Waals surface area (Å²) >= 11 is 0. The number of hydrogen-bond donors (Lipinski definition) is 0. The summed E-state index contributed by atoms with van der Waals surface area (Å²) in [5.74, 6) is 0. The molecular weight excluding hydrogens is 192 g/mol. The zero-order valence-corrected chi connectivity index (χ0v) is 9.89. The van der Waals surface area contributed by atoms with E-state index in [-0.39, 0.29) is 42.9 Å². The van der Waals surface area contributed by atoms with Gasteiger partial charge in [0.25, 0.3) is 0 Å². The zero-order chi connectivity index (χ0) is 6.81. The Balaban J connectivity index is 0. The normalized spacial score (nSPS) is 7.69. The van der Waals surface area contributed by atoms with E-state index in [9.17, 15) is 0 Å². The Morgan fingerprint density at radius 3 is 2.15 bits per heavy atom. The van der Waals surface area contributed by atoms with Crippen molar-refractivity contribution in [2.75, 3.05) is 0 Å². The fourth-order valence-corrected chi connectivity index (χ4v) is 1.07. The van der Waals surface area contributed by atoms with Gasteiger partial charge in [-0.25, -0.2) is 0 Å². The van der Waals surface area contributed by atoms with Gasteiger partial charge >= 0.3 is 23.1 Å². The second-order valence-corrected chi connectivity index (χ2v) is 2.27. The quantitative estimate of drug-likeness (QED) is 0.455. The molecule has 13 heavy (non-hydrogen) atoms.